The maximum Gasteiger partial charge on any atom is 0.303 e. The van der Waals surface area contributed by atoms with Gasteiger partial charge in [0.1, 0.15) is 5.78 Å². The summed E-state index contributed by atoms with van der Waals surface area (Å²) in [6.45, 7) is 0. The Labute approximate surface area is 153 Å². The minimum absolute atomic E-state index is 0.129. The van der Waals surface area contributed by atoms with Gasteiger partial charge in [0.25, 0.3) is 0 Å². The van der Waals surface area contributed by atoms with E-state index in [2.05, 4.69) is 0 Å². The van der Waals surface area contributed by atoms with Crippen molar-refractivity contribution in [2.45, 2.75) is 83.5 Å². The summed E-state index contributed by atoms with van der Waals surface area (Å²) in [7, 11) is 0. The lowest BCUT2D eigenvalue weighted by molar-refractivity contribution is -0.138. The van der Waals surface area contributed by atoms with Crippen molar-refractivity contribution in [3.8, 4) is 0 Å². The lowest BCUT2D eigenvalue weighted by Gasteiger charge is -2.11. The summed E-state index contributed by atoms with van der Waals surface area (Å²) < 4.78 is 0. The predicted octanol–water partition coefficient (Wildman–Crippen LogP) is 4.18. The molecule has 7 heteroatoms. The monoisotopic (exact) mass is 376 g/mol. The molecule has 0 aromatic heterocycles. The number of unbranched alkanes of at least 4 members (excludes halogenated alkanes) is 7. The maximum atomic E-state index is 12.1. The van der Waals surface area contributed by atoms with Crippen LogP contribution in [0.25, 0.3) is 0 Å². The van der Waals surface area contributed by atoms with E-state index in [0.717, 1.165) is 32.1 Å². The highest BCUT2D eigenvalue weighted by molar-refractivity contribution is 6.65. The molecule has 0 bridgehead atoms. The minimum atomic E-state index is -0.813. The van der Waals surface area contributed by atoms with Crippen LogP contribution in [0.15, 0.2) is 0 Å². The van der Waals surface area contributed by atoms with E-state index >= 15 is 0 Å². The van der Waals surface area contributed by atoms with Crippen LogP contribution in [0.3, 0.4) is 0 Å². The van der Waals surface area contributed by atoms with Crippen molar-refractivity contribution in [3.05, 3.63) is 0 Å². The van der Waals surface area contributed by atoms with Gasteiger partial charge in [-0.3, -0.25) is 19.2 Å². The number of rotatable bonds is 17. The molecule has 0 aliphatic heterocycles. The van der Waals surface area contributed by atoms with Crippen molar-refractivity contribution in [3.63, 3.8) is 0 Å². The van der Waals surface area contributed by atoms with Crippen LogP contribution >= 0.6 is 11.6 Å². The van der Waals surface area contributed by atoms with Crippen molar-refractivity contribution in [2.75, 3.05) is 0 Å². The van der Waals surface area contributed by atoms with Gasteiger partial charge < -0.3 is 10.2 Å². The zero-order valence-electron chi connectivity index (χ0n) is 14.7. The van der Waals surface area contributed by atoms with Gasteiger partial charge in [0.2, 0.25) is 5.24 Å². The van der Waals surface area contributed by atoms with Gasteiger partial charge in [-0.15, -0.1) is 0 Å². The highest BCUT2D eigenvalue weighted by atomic mass is 35.5. The first-order valence-corrected chi connectivity index (χ1v) is 9.38. The molecule has 0 fully saturated rings. The van der Waals surface area contributed by atoms with Gasteiger partial charge in [0.05, 0.1) is 5.92 Å². The van der Waals surface area contributed by atoms with Crippen LogP contribution in [-0.2, 0) is 19.2 Å². The second-order valence-corrected chi connectivity index (χ2v) is 6.70. The standard InChI is InChI=1S/C18H29ClO6/c19-18(25)14(10-6-4-5-9-13-17(23)24)15(20)11-7-2-1-3-8-12-16(21)22/h14H,1-13H2,(H,21,22)(H,23,24). The van der Waals surface area contributed by atoms with Gasteiger partial charge in [0, 0.05) is 19.3 Å². The fourth-order valence-electron chi connectivity index (χ4n) is 2.66. The van der Waals surface area contributed by atoms with Crippen molar-refractivity contribution in [2.24, 2.45) is 5.92 Å². The van der Waals surface area contributed by atoms with Crippen molar-refractivity contribution >= 4 is 34.6 Å². The average Bonchev–Trinajstić information content (AvgIpc) is 2.52. The fraction of sp³-hybridized carbons (Fsp3) is 0.778. The molecule has 0 radical (unpaired) electrons. The van der Waals surface area contributed by atoms with Gasteiger partial charge in [0.15, 0.2) is 0 Å². The Balaban J connectivity index is 3.83. The number of aliphatic carboxylic acids is 2. The van der Waals surface area contributed by atoms with E-state index < -0.39 is 23.1 Å². The lowest BCUT2D eigenvalue weighted by Crippen LogP contribution is -2.20. The second-order valence-electron chi connectivity index (χ2n) is 6.33. The summed E-state index contributed by atoms with van der Waals surface area (Å²) in [5.74, 6) is -2.49. The molecular weight excluding hydrogens is 348 g/mol. The molecule has 1 unspecified atom stereocenters. The fourth-order valence-corrected chi connectivity index (χ4v) is 2.89. The molecule has 6 nitrogen and oxygen atoms in total. The van der Waals surface area contributed by atoms with Crippen LogP contribution in [0.4, 0.5) is 0 Å². The summed E-state index contributed by atoms with van der Waals surface area (Å²) in [4.78, 5) is 44.3. The molecule has 0 aliphatic rings. The number of hydrogen-bond donors (Lipinski definition) is 2. The van der Waals surface area contributed by atoms with Crippen LogP contribution in [0.5, 0.6) is 0 Å². The van der Waals surface area contributed by atoms with Crippen molar-refractivity contribution in [1.82, 2.24) is 0 Å². The Hall–Kier alpha value is -1.43. The zero-order valence-corrected chi connectivity index (χ0v) is 15.4. The zero-order chi connectivity index (χ0) is 19.1. The number of halogens is 1. The SMILES string of the molecule is O=C(O)CCCCCCCC(=O)C(CCCCCCC(=O)O)C(=O)Cl. The first-order chi connectivity index (χ1) is 11.8. The summed E-state index contributed by atoms with van der Waals surface area (Å²) in [5, 5.41) is 16.5. The number of carbonyl (C=O) groups is 4. The van der Waals surface area contributed by atoms with E-state index in [0.29, 0.717) is 38.5 Å². The molecule has 144 valence electrons. The van der Waals surface area contributed by atoms with Gasteiger partial charge in [-0.05, 0) is 37.3 Å². The van der Waals surface area contributed by atoms with E-state index in [9.17, 15) is 19.2 Å². The molecule has 0 amide bonds. The highest BCUT2D eigenvalue weighted by Gasteiger charge is 2.23. The Kier molecular flexibility index (Phi) is 14.0. The molecule has 25 heavy (non-hydrogen) atoms. The minimum Gasteiger partial charge on any atom is -0.481 e. The Bertz CT molecular complexity index is 435. The molecule has 0 aliphatic carbocycles. The molecule has 0 saturated heterocycles. The van der Waals surface area contributed by atoms with Gasteiger partial charge in [-0.1, -0.05) is 38.5 Å². The number of carbonyl (C=O) groups excluding carboxylic acids is 2. The van der Waals surface area contributed by atoms with Gasteiger partial charge >= 0.3 is 11.9 Å². The second kappa shape index (κ2) is 14.9. The summed E-state index contributed by atoms with van der Waals surface area (Å²) in [6, 6.07) is 0. The van der Waals surface area contributed by atoms with E-state index in [1.54, 1.807) is 0 Å². The quantitative estimate of drug-likeness (QED) is 0.224. The number of carboxylic acid groups (broad SMARTS) is 2. The third-order valence-corrected chi connectivity index (χ3v) is 4.37. The van der Waals surface area contributed by atoms with E-state index in [1.165, 1.54) is 0 Å². The van der Waals surface area contributed by atoms with Crippen LogP contribution in [0.2, 0.25) is 0 Å². The number of Topliss-reactive ketones (excluding diaryl/α,β-unsaturated/α-hetero) is 1. The number of hydrogen-bond acceptors (Lipinski definition) is 4. The van der Waals surface area contributed by atoms with E-state index in [1.807, 2.05) is 0 Å². The Morgan fingerprint density at radius 3 is 1.48 bits per heavy atom. The molecular formula is C18H29ClO6. The summed E-state index contributed by atoms with van der Waals surface area (Å²) in [6.07, 6.45) is 7.77. The summed E-state index contributed by atoms with van der Waals surface area (Å²) in [5.41, 5.74) is 0. The van der Waals surface area contributed by atoms with E-state index in [-0.39, 0.29) is 18.6 Å². The number of carboxylic acids is 2. The third kappa shape index (κ3) is 14.6. The Morgan fingerprint density at radius 2 is 1.04 bits per heavy atom. The van der Waals surface area contributed by atoms with Crippen molar-refractivity contribution in [1.29, 1.82) is 0 Å². The van der Waals surface area contributed by atoms with Gasteiger partial charge in [-0.25, -0.2) is 0 Å². The van der Waals surface area contributed by atoms with Crippen LogP contribution in [0.1, 0.15) is 83.5 Å². The molecule has 1 atom stereocenters. The lowest BCUT2D eigenvalue weighted by atomic mass is 9.94. The van der Waals surface area contributed by atoms with Crippen LogP contribution in [-0.4, -0.2) is 33.2 Å². The van der Waals surface area contributed by atoms with Crippen molar-refractivity contribution < 1.29 is 29.4 Å². The Morgan fingerprint density at radius 1 is 0.640 bits per heavy atom. The van der Waals surface area contributed by atoms with Gasteiger partial charge in [-0.2, -0.15) is 0 Å². The number of ketones is 1. The largest absolute Gasteiger partial charge is 0.481 e. The van der Waals surface area contributed by atoms with Crippen LogP contribution in [0, 0.1) is 5.92 Å². The molecule has 0 heterocycles. The first kappa shape index (κ1) is 23.6. The highest BCUT2D eigenvalue weighted by Crippen LogP contribution is 2.19. The maximum absolute atomic E-state index is 12.1. The average molecular weight is 377 g/mol. The molecule has 0 aromatic rings. The summed E-state index contributed by atoms with van der Waals surface area (Å²) >= 11 is 5.54. The molecule has 0 saturated carbocycles. The normalized spacial score (nSPS) is 11.9. The molecule has 0 rings (SSSR count). The first-order valence-electron chi connectivity index (χ1n) is 9.00. The molecule has 0 spiro atoms. The van der Waals surface area contributed by atoms with E-state index in [4.69, 9.17) is 21.8 Å². The topological polar surface area (TPSA) is 109 Å². The predicted molar refractivity (Wildman–Crippen MR) is 94.6 cm³/mol. The van der Waals surface area contributed by atoms with Crippen LogP contribution < -0.4 is 0 Å². The third-order valence-electron chi connectivity index (χ3n) is 4.11. The molecule has 0 aromatic carbocycles. The molecule has 2 N–H and O–H groups in total. The smallest absolute Gasteiger partial charge is 0.303 e.